The molecule has 1 atom stereocenters. The summed E-state index contributed by atoms with van der Waals surface area (Å²) in [4.78, 5) is 4.80. The minimum Gasteiger partial charge on any atom is -0.430 e. The lowest BCUT2D eigenvalue weighted by Crippen LogP contribution is -2.39. The van der Waals surface area contributed by atoms with E-state index < -0.39 is 6.42 Å². The van der Waals surface area contributed by atoms with E-state index in [-0.39, 0.29) is 11.5 Å². The predicted octanol–water partition coefficient (Wildman–Crippen LogP) is 4.77. The molecule has 0 saturated carbocycles. The molecule has 0 spiro atoms. The van der Waals surface area contributed by atoms with Crippen LogP contribution < -0.4 is 5.30 Å². The maximum atomic E-state index is 10.0. The normalized spacial score (nSPS) is 20.7. The predicted molar refractivity (Wildman–Crippen MR) is 138 cm³/mol. The average Bonchev–Trinajstić information content (AvgIpc) is 3.21. The average molecular weight is 510 g/mol. The van der Waals surface area contributed by atoms with Gasteiger partial charge in [-0.1, -0.05) is 41.9 Å². The zero-order valence-corrected chi connectivity index (χ0v) is 20.9. The Balaban J connectivity index is 1.69. The van der Waals surface area contributed by atoms with Crippen molar-refractivity contribution in [1.82, 2.24) is 14.5 Å². The summed E-state index contributed by atoms with van der Waals surface area (Å²) in [6.07, 6.45) is -1.06. The smallest absolute Gasteiger partial charge is 0.238 e. The number of halogens is 1. The summed E-state index contributed by atoms with van der Waals surface area (Å²) < 4.78 is 16.0. The van der Waals surface area contributed by atoms with E-state index in [4.69, 9.17) is 42.8 Å². The minimum atomic E-state index is -2.79. The van der Waals surface area contributed by atoms with Crippen molar-refractivity contribution in [1.29, 1.82) is 5.26 Å². The zero-order chi connectivity index (χ0) is 23.7. The summed E-state index contributed by atoms with van der Waals surface area (Å²) in [5.41, 5.74) is 2.73. The Bertz CT molecular complexity index is 1370. The van der Waals surface area contributed by atoms with Gasteiger partial charge in [0, 0.05) is 18.1 Å². The Hall–Kier alpha value is -2.79. The quantitative estimate of drug-likeness (QED) is 0.372. The Morgan fingerprint density at radius 1 is 1.15 bits per heavy atom. The summed E-state index contributed by atoms with van der Waals surface area (Å²) >= 11 is 12.3. The molecule has 0 amide bonds. The molecule has 3 aromatic rings. The lowest BCUT2D eigenvalue weighted by Gasteiger charge is -2.38. The maximum Gasteiger partial charge on any atom is 0.238 e. The van der Waals surface area contributed by atoms with Crippen LogP contribution in [0.1, 0.15) is 11.3 Å². The van der Waals surface area contributed by atoms with Gasteiger partial charge in [-0.15, -0.1) is 0 Å². The zero-order valence-electron chi connectivity index (χ0n) is 18.4. The van der Waals surface area contributed by atoms with Gasteiger partial charge in [-0.3, -0.25) is 0 Å². The Morgan fingerprint density at radius 3 is 2.53 bits per heavy atom. The molecule has 3 heterocycles. The molecule has 2 aliphatic heterocycles. The number of ether oxygens (including phenoxy) is 1. The summed E-state index contributed by atoms with van der Waals surface area (Å²) in [6.45, 7) is 4.35. The van der Waals surface area contributed by atoms with E-state index in [9.17, 15) is 5.26 Å². The lowest BCUT2D eigenvalue weighted by molar-refractivity contribution is 0.0723. The molecule has 1 saturated heterocycles. The van der Waals surface area contributed by atoms with Crippen LogP contribution in [0.4, 0.5) is 5.82 Å². The standard InChI is InChI=1S/C24H21ClN5O2PS/c1-17-22-23(30(28-17)21-5-3-2-4-6-21)27-24(32-33(22,34)29-11-13-31-14-12-29)19(16-26)15-18-7-9-20(25)10-8-18/h2-10,15H,11-14H2,1H3. The monoisotopic (exact) mass is 509 g/mol. The SMILES string of the molecule is Cc1nn(-c2ccccc2)c2c1P(=S)(N1CCOCC1)OC(C(C#N)=Cc1ccc(Cl)cc1)=N2. The molecule has 2 aromatic carbocycles. The molecule has 1 fully saturated rings. The fraction of sp³-hybridized carbons (Fsp3) is 0.208. The van der Waals surface area contributed by atoms with Crippen molar-refractivity contribution in [2.24, 2.45) is 4.99 Å². The summed E-state index contributed by atoms with van der Waals surface area (Å²) in [5, 5.41) is 16.3. The first-order chi connectivity index (χ1) is 16.5. The Kier molecular flexibility index (Phi) is 6.39. The molecule has 0 bridgehead atoms. The highest BCUT2D eigenvalue weighted by Gasteiger charge is 2.42. The molecule has 0 radical (unpaired) electrons. The van der Waals surface area contributed by atoms with E-state index in [1.165, 1.54) is 0 Å². The van der Waals surface area contributed by atoms with E-state index in [0.29, 0.717) is 37.1 Å². The van der Waals surface area contributed by atoms with Crippen LogP contribution in [0.25, 0.3) is 11.8 Å². The number of benzene rings is 2. The molecule has 5 rings (SSSR count). The Morgan fingerprint density at radius 2 is 1.85 bits per heavy atom. The molecule has 1 aromatic heterocycles. The highest BCUT2D eigenvalue weighted by atomic mass is 35.5. The second-order valence-corrected chi connectivity index (χ2v) is 12.0. The third kappa shape index (κ3) is 4.22. The number of aliphatic imine (C=N–C) groups is 1. The first-order valence-electron chi connectivity index (χ1n) is 10.7. The topological polar surface area (TPSA) is 75.7 Å². The van der Waals surface area contributed by atoms with Crippen LogP contribution in [-0.4, -0.2) is 46.7 Å². The van der Waals surface area contributed by atoms with Gasteiger partial charge < -0.3 is 9.26 Å². The van der Waals surface area contributed by atoms with Crippen LogP contribution >= 0.6 is 18.0 Å². The van der Waals surface area contributed by atoms with Crippen LogP contribution in [0.5, 0.6) is 0 Å². The first kappa shape index (κ1) is 23.0. The number of nitrogens with zero attached hydrogens (tertiary/aromatic N) is 5. The van der Waals surface area contributed by atoms with Crippen molar-refractivity contribution in [3.05, 3.63) is 76.5 Å². The van der Waals surface area contributed by atoms with Gasteiger partial charge >= 0.3 is 0 Å². The van der Waals surface area contributed by atoms with Crippen LogP contribution in [-0.2, 0) is 21.1 Å². The molecule has 34 heavy (non-hydrogen) atoms. The van der Waals surface area contributed by atoms with Gasteiger partial charge in [0.25, 0.3) is 0 Å². The maximum absolute atomic E-state index is 10.0. The van der Waals surface area contributed by atoms with Crippen molar-refractivity contribution in [2.45, 2.75) is 6.92 Å². The van der Waals surface area contributed by atoms with Gasteiger partial charge in [-0.25, -0.2) is 9.35 Å². The third-order valence-corrected chi connectivity index (χ3v) is 9.97. The molecule has 172 valence electrons. The summed E-state index contributed by atoms with van der Waals surface area (Å²) in [7, 11) is 0. The summed E-state index contributed by atoms with van der Waals surface area (Å²) in [6, 6.07) is 19.2. The van der Waals surface area contributed by atoms with E-state index in [2.05, 4.69) is 10.7 Å². The fourth-order valence-corrected chi connectivity index (χ4v) is 7.83. The number of aromatic nitrogens is 2. The van der Waals surface area contributed by atoms with E-state index in [1.807, 2.05) is 49.4 Å². The van der Waals surface area contributed by atoms with Crippen LogP contribution in [0, 0.1) is 18.3 Å². The van der Waals surface area contributed by atoms with Crippen LogP contribution in [0.15, 0.2) is 65.2 Å². The Labute approximate surface area is 208 Å². The number of morpholine rings is 1. The number of aryl methyl sites for hydroxylation is 1. The first-order valence-corrected chi connectivity index (χ1v) is 13.8. The number of hydrogen-bond acceptors (Lipinski definition) is 6. The second-order valence-electron chi connectivity index (χ2n) is 7.82. The molecule has 10 heteroatoms. The van der Waals surface area contributed by atoms with Gasteiger partial charge in [-0.2, -0.15) is 15.4 Å². The second kappa shape index (κ2) is 9.46. The molecule has 0 N–H and O–H groups in total. The van der Waals surface area contributed by atoms with Crippen molar-refractivity contribution < 1.29 is 9.26 Å². The van der Waals surface area contributed by atoms with Crippen LogP contribution in [0.3, 0.4) is 0 Å². The number of rotatable bonds is 4. The lowest BCUT2D eigenvalue weighted by atomic mass is 10.1. The molecule has 0 aliphatic carbocycles. The van der Waals surface area contributed by atoms with Gasteiger partial charge in [0.15, 0.2) is 5.82 Å². The fourth-order valence-electron chi connectivity index (χ4n) is 3.96. The highest BCUT2D eigenvalue weighted by Crippen LogP contribution is 2.56. The van der Waals surface area contributed by atoms with Crippen molar-refractivity contribution in [2.75, 3.05) is 26.3 Å². The largest absolute Gasteiger partial charge is 0.430 e. The van der Waals surface area contributed by atoms with E-state index in [1.54, 1.807) is 22.9 Å². The van der Waals surface area contributed by atoms with Gasteiger partial charge in [0.05, 0.1) is 24.6 Å². The van der Waals surface area contributed by atoms with Gasteiger partial charge in [0.1, 0.15) is 16.9 Å². The van der Waals surface area contributed by atoms with Gasteiger partial charge in [-0.05, 0) is 54.6 Å². The van der Waals surface area contributed by atoms with Crippen molar-refractivity contribution >= 4 is 52.9 Å². The molecular formula is C24H21ClN5O2PS. The molecule has 1 unspecified atom stereocenters. The number of nitriles is 1. The molecule has 7 nitrogen and oxygen atoms in total. The van der Waals surface area contributed by atoms with Crippen LogP contribution in [0.2, 0.25) is 5.02 Å². The van der Waals surface area contributed by atoms with Crippen molar-refractivity contribution in [3.8, 4) is 11.8 Å². The minimum absolute atomic E-state index is 0.205. The van der Waals surface area contributed by atoms with Crippen molar-refractivity contribution in [3.63, 3.8) is 0 Å². The van der Waals surface area contributed by atoms with E-state index in [0.717, 1.165) is 22.2 Å². The number of fused-ring (bicyclic) bond motifs is 1. The van der Waals surface area contributed by atoms with E-state index >= 15 is 0 Å². The highest BCUT2D eigenvalue weighted by molar-refractivity contribution is 8.15. The number of hydrogen-bond donors (Lipinski definition) is 0. The molecular weight excluding hydrogens is 489 g/mol. The number of para-hydroxylation sites is 1. The third-order valence-electron chi connectivity index (χ3n) is 5.60. The van der Waals surface area contributed by atoms with Gasteiger partial charge in [0.2, 0.25) is 12.3 Å². The summed E-state index contributed by atoms with van der Waals surface area (Å²) in [5.74, 6) is 0.814. The molecule has 2 aliphatic rings.